The average molecular weight is 220 g/mol. The van der Waals surface area contributed by atoms with Gasteiger partial charge in [-0.2, -0.15) is 4.37 Å². The molecule has 1 rings (SSSR count). The number of rotatable bonds is 2. The van der Waals surface area contributed by atoms with Crippen molar-refractivity contribution < 1.29 is 9.53 Å². The molecule has 0 unspecified atom stereocenters. The van der Waals surface area contributed by atoms with Crippen molar-refractivity contribution in [3.63, 3.8) is 0 Å². The van der Waals surface area contributed by atoms with Gasteiger partial charge in [-0.15, -0.1) is 0 Å². The molecule has 0 aromatic carbocycles. The maximum atomic E-state index is 11.4. The summed E-state index contributed by atoms with van der Waals surface area (Å²) in [6.07, 6.45) is -0.133. The number of aromatic nitrogens is 1. The minimum absolute atomic E-state index is 0.133. The van der Waals surface area contributed by atoms with Crippen LogP contribution >= 0.6 is 23.1 Å². The number of esters is 1. The van der Waals surface area contributed by atoms with Crippen LogP contribution in [0.25, 0.3) is 0 Å². The van der Waals surface area contributed by atoms with Gasteiger partial charge in [-0.1, -0.05) is 11.6 Å². The number of carbonyl (C=O) groups excluding carboxylic acids is 1. The van der Waals surface area contributed by atoms with Crippen molar-refractivity contribution in [3.8, 4) is 0 Å². The second-order valence-electron chi connectivity index (χ2n) is 2.87. The Morgan fingerprint density at radius 2 is 2.23 bits per heavy atom. The highest BCUT2D eigenvalue weighted by Crippen LogP contribution is 2.24. The maximum absolute atomic E-state index is 11.4. The average Bonchev–Trinajstić information content (AvgIpc) is 2.31. The van der Waals surface area contributed by atoms with Gasteiger partial charge in [0.05, 0.1) is 16.8 Å². The number of halogens is 1. The molecule has 13 heavy (non-hydrogen) atoms. The zero-order valence-electron chi connectivity index (χ0n) is 7.63. The van der Waals surface area contributed by atoms with Crippen LogP contribution in [-0.4, -0.2) is 16.4 Å². The summed E-state index contributed by atoms with van der Waals surface area (Å²) in [4.78, 5) is 11.7. The normalized spacial score (nSPS) is 10.5. The standard InChI is InChI=1S/C8H10ClNO2S/c1-4(2)12-8(11)7-6(9)5(3)10-13-7/h4H,1-3H3. The fourth-order valence-electron chi connectivity index (χ4n) is 0.753. The van der Waals surface area contributed by atoms with Gasteiger partial charge in [0.15, 0.2) is 4.88 Å². The number of nitrogens with zero attached hydrogens (tertiary/aromatic N) is 1. The van der Waals surface area contributed by atoms with E-state index in [1.54, 1.807) is 20.8 Å². The van der Waals surface area contributed by atoms with Gasteiger partial charge in [0.1, 0.15) is 0 Å². The maximum Gasteiger partial charge on any atom is 0.351 e. The topological polar surface area (TPSA) is 39.2 Å². The summed E-state index contributed by atoms with van der Waals surface area (Å²) in [7, 11) is 0. The molecule has 1 heterocycles. The van der Waals surface area contributed by atoms with Gasteiger partial charge < -0.3 is 4.74 Å². The fourth-order valence-corrected chi connectivity index (χ4v) is 1.70. The van der Waals surface area contributed by atoms with Crippen LogP contribution in [0.5, 0.6) is 0 Å². The third-order valence-corrected chi connectivity index (χ3v) is 2.81. The first kappa shape index (κ1) is 10.5. The van der Waals surface area contributed by atoms with Gasteiger partial charge in [0, 0.05) is 0 Å². The van der Waals surface area contributed by atoms with Crippen molar-refractivity contribution in [3.05, 3.63) is 15.6 Å². The Morgan fingerprint density at radius 3 is 2.62 bits per heavy atom. The van der Waals surface area contributed by atoms with Crippen molar-refractivity contribution in [2.45, 2.75) is 26.9 Å². The molecule has 0 spiro atoms. The van der Waals surface area contributed by atoms with Crippen molar-refractivity contribution in [2.24, 2.45) is 0 Å². The van der Waals surface area contributed by atoms with E-state index in [4.69, 9.17) is 16.3 Å². The highest BCUT2D eigenvalue weighted by atomic mass is 35.5. The number of aryl methyl sites for hydroxylation is 1. The summed E-state index contributed by atoms with van der Waals surface area (Å²) >= 11 is 6.90. The van der Waals surface area contributed by atoms with Gasteiger partial charge in [0.25, 0.3) is 0 Å². The lowest BCUT2D eigenvalue weighted by molar-refractivity contribution is 0.0384. The van der Waals surface area contributed by atoms with Crippen LogP contribution in [-0.2, 0) is 4.74 Å². The molecule has 1 aromatic rings. The summed E-state index contributed by atoms with van der Waals surface area (Å²) in [5.74, 6) is -0.398. The zero-order valence-corrected chi connectivity index (χ0v) is 9.20. The molecule has 5 heteroatoms. The highest BCUT2D eigenvalue weighted by molar-refractivity contribution is 7.08. The van der Waals surface area contributed by atoms with E-state index in [2.05, 4.69) is 4.37 Å². The van der Waals surface area contributed by atoms with Gasteiger partial charge in [-0.05, 0) is 32.3 Å². The molecule has 0 N–H and O–H groups in total. The van der Waals surface area contributed by atoms with Crippen LogP contribution in [0.15, 0.2) is 0 Å². The van der Waals surface area contributed by atoms with E-state index in [9.17, 15) is 4.79 Å². The Labute approximate surface area is 85.8 Å². The minimum Gasteiger partial charge on any atom is -0.459 e. The lowest BCUT2D eigenvalue weighted by Gasteiger charge is -2.05. The summed E-state index contributed by atoms with van der Waals surface area (Å²) in [5, 5.41) is 0.399. The molecule has 0 amide bonds. The largest absolute Gasteiger partial charge is 0.459 e. The number of hydrogen-bond acceptors (Lipinski definition) is 4. The van der Waals surface area contributed by atoms with E-state index in [0.29, 0.717) is 15.6 Å². The molecule has 0 aliphatic rings. The van der Waals surface area contributed by atoms with Crippen molar-refractivity contribution in [1.29, 1.82) is 0 Å². The zero-order chi connectivity index (χ0) is 10.0. The molecule has 0 aliphatic heterocycles. The van der Waals surface area contributed by atoms with Gasteiger partial charge in [-0.25, -0.2) is 4.79 Å². The second kappa shape index (κ2) is 4.07. The Morgan fingerprint density at radius 1 is 1.62 bits per heavy atom. The van der Waals surface area contributed by atoms with Gasteiger partial charge in [-0.3, -0.25) is 0 Å². The third-order valence-electron chi connectivity index (χ3n) is 1.32. The highest BCUT2D eigenvalue weighted by Gasteiger charge is 2.18. The molecule has 0 saturated carbocycles. The lowest BCUT2D eigenvalue weighted by Crippen LogP contribution is -2.10. The van der Waals surface area contributed by atoms with E-state index in [-0.39, 0.29) is 6.10 Å². The van der Waals surface area contributed by atoms with Crippen molar-refractivity contribution in [2.75, 3.05) is 0 Å². The van der Waals surface area contributed by atoms with Crippen LogP contribution in [0.2, 0.25) is 5.02 Å². The quantitative estimate of drug-likeness (QED) is 0.718. The lowest BCUT2D eigenvalue weighted by atomic mass is 10.4. The summed E-state index contributed by atoms with van der Waals surface area (Å²) in [6.45, 7) is 5.34. The number of carbonyl (C=O) groups is 1. The Hall–Kier alpha value is -0.610. The summed E-state index contributed by atoms with van der Waals surface area (Å²) in [6, 6.07) is 0. The molecule has 72 valence electrons. The molecule has 0 atom stereocenters. The fraction of sp³-hybridized carbons (Fsp3) is 0.500. The summed E-state index contributed by atoms with van der Waals surface area (Å²) in [5.41, 5.74) is 0.669. The van der Waals surface area contributed by atoms with Gasteiger partial charge in [0.2, 0.25) is 0 Å². The molecule has 0 aliphatic carbocycles. The molecule has 1 aromatic heterocycles. The van der Waals surface area contributed by atoms with E-state index in [1.807, 2.05) is 0 Å². The monoisotopic (exact) mass is 219 g/mol. The van der Waals surface area contributed by atoms with E-state index in [1.165, 1.54) is 0 Å². The minimum atomic E-state index is -0.398. The van der Waals surface area contributed by atoms with Crippen molar-refractivity contribution in [1.82, 2.24) is 4.37 Å². The molecule has 0 radical (unpaired) electrons. The van der Waals surface area contributed by atoms with Crippen molar-refractivity contribution >= 4 is 29.1 Å². The van der Waals surface area contributed by atoms with Crippen LogP contribution < -0.4 is 0 Å². The Kier molecular flexibility index (Phi) is 3.27. The predicted molar refractivity (Wildman–Crippen MR) is 52.4 cm³/mol. The molecule has 0 saturated heterocycles. The third kappa shape index (κ3) is 2.42. The molecule has 0 bridgehead atoms. The van der Waals surface area contributed by atoms with E-state index < -0.39 is 5.97 Å². The Balaban J connectivity index is 2.83. The first-order valence-electron chi connectivity index (χ1n) is 3.85. The van der Waals surface area contributed by atoms with Crippen LogP contribution in [0, 0.1) is 6.92 Å². The first-order valence-corrected chi connectivity index (χ1v) is 5.00. The first-order chi connectivity index (χ1) is 6.02. The number of hydrogen-bond donors (Lipinski definition) is 0. The SMILES string of the molecule is Cc1nsc(C(=O)OC(C)C)c1Cl. The molecular formula is C8H10ClNO2S. The summed E-state index contributed by atoms with van der Waals surface area (Å²) < 4.78 is 8.93. The van der Waals surface area contributed by atoms with E-state index in [0.717, 1.165) is 11.5 Å². The van der Waals surface area contributed by atoms with Crippen LogP contribution in [0.3, 0.4) is 0 Å². The van der Waals surface area contributed by atoms with Crippen LogP contribution in [0.4, 0.5) is 0 Å². The Bertz CT molecular complexity index is 322. The second-order valence-corrected chi connectivity index (χ2v) is 4.02. The van der Waals surface area contributed by atoms with E-state index >= 15 is 0 Å². The van der Waals surface area contributed by atoms with Gasteiger partial charge >= 0.3 is 5.97 Å². The van der Waals surface area contributed by atoms with Crippen LogP contribution in [0.1, 0.15) is 29.2 Å². The molecular weight excluding hydrogens is 210 g/mol. The molecule has 3 nitrogen and oxygen atoms in total. The predicted octanol–water partition coefficient (Wildman–Crippen LogP) is 2.67. The molecule has 0 fully saturated rings. The smallest absolute Gasteiger partial charge is 0.351 e. The number of ether oxygens (including phenoxy) is 1.